The van der Waals surface area contributed by atoms with Crippen LogP contribution in [0.25, 0.3) is 0 Å². The molecule has 2 N–H and O–H groups in total. The Labute approximate surface area is 82.8 Å². The molecule has 0 bridgehead atoms. The Bertz CT molecular complexity index is 368. The van der Waals surface area contributed by atoms with Crippen molar-refractivity contribution in [1.29, 1.82) is 0 Å². The summed E-state index contributed by atoms with van der Waals surface area (Å²) in [7, 11) is 0. The molecular weight excluding hydrogens is 178 g/mol. The van der Waals surface area contributed by atoms with Crippen molar-refractivity contribution in [3.63, 3.8) is 0 Å². The van der Waals surface area contributed by atoms with E-state index in [1.165, 1.54) is 0 Å². The van der Waals surface area contributed by atoms with Crippen molar-refractivity contribution in [2.75, 3.05) is 6.54 Å². The quantitative estimate of drug-likeness (QED) is 0.742. The summed E-state index contributed by atoms with van der Waals surface area (Å²) in [6.07, 6.45) is 2.32. The zero-order valence-electron chi connectivity index (χ0n) is 8.34. The van der Waals surface area contributed by atoms with Crippen molar-refractivity contribution in [2.24, 2.45) is 0 Å². The number of aromatic nitrogens is 2. The molecule has 76 valence electrons. The Morgan fingerprint density at radius 2 is 2.43 bits per heavy atom. The van der Waals surface area contributed by atoms with E-state index in [4.69, 9.17) is 0 Å². The summed E-state index contributed by atoms with van der Waals surface area (Å²) in [5.74, 6) is 1.37. The lowest BCUT2D eigenvalue weighted by atomic mass is 10.3. The molecule has 0 spiro atoms. The van der Waals surface area contributed by atoms with Crippen molar-refractivity contribution in [1.82, 2.24) is 15.3 Å². The molecule has 0 radical (unpaired) electrons. The standard InChI is InChI=1S/C10H15N3O/c1-2-11-6-8-5-9(14)13-10(12-8)7-3-4-7/h5,7,11H,2-4,6H2,1H3,(H,12,13,14). The van der Waals surface area contributed by atoms with Gasteiger partial charge in [-0.05, 0) is 19.4 Å². The smallest absolute Gasteiger partial charge is 0.251 e. The third-order valence-electron chi connectivity index (χ3n) is 2.33. The molecule has 14 heavy (non-hydrogen) atoms. The first-order chi connectivity index (χ1) is 6.79. The molecule has 0 amide bonds. The van der Waals surface area contributed by atoms with Crippen molar-refractivity contribution < 1.29 is 0 Å². The van der Waals surface area contributed by atoms with E-state index in [-0.39, 0.29) is 5.56 Å². The molecule has 1 aliphatic carbocycles. The van der Waals surface area contributed by atoms with Gasteiger partial charge in [0, 0.05) is 18.5 Å². The van der Waals surface area contributed by atoms with Gasteiger partial charge < -0.3 is 10.3 Å². The minimum Gasteiger partial charge on any atom is -0.311 e. The van der Waals surface area contributed by atoms with E-state index in [0.717, 1.165) is 30.9 Å². The van der Waals surface area contributed by atoms with Crippen LogP contribution in [0.1, 0.15) is 37.2 Å². The first-order valence-corrected chi connectivity index (χ1v) is 5.10. The van der Waals surface area contributed by atoms with E-state index >= 15 is 0 Å². The van der Waals surface area contributed by atoms with Gasteiger partial charge in [-0.3, -0.25) is 4.79 Å². The van der Waals surface area contributed by atoms with Crippen molar-refractivity contribution in [3.05, 3.63) is 27.9 Å². The second-order valence-electron chi connectivity index (χ2n) is 3.68. The summed E-state index contributed by atoms with van der Waals surface area (Å²) in [5.41, 5.74) is 0.812. The summed E-state index contributed by atoms with van der Waals surface area (Å²) in [6, 6.07) is 1.56. The number of nitrogens with zero attached hydrogens (tertiary/aromatic N) is 1. The van der Waals surface area contributed by atoms with E-state index < -0.39 is 0 Å². The molecule has 1 aromatic heterocycles. The number of H-pyrrole nitrogens is 1. The van der Waals surface area contributed by atoms with Crippen molar-refractivity contribution >= 4 is 0 Å². The zero-order chi connectivity index (χ0) is 9.97. The van der Waals surface area contributed by atoms with Gasteiger partial charge in [0.15, 0.2) is 0 Å². The van der Waals surface area contributed by atoms with Crippen LogP contribution in [-0.2, 0) is 6.54 Å². The van der Waals surface area contributed by atoms with Gasteiger partial charge in [0.25, 0.3) is 5.56 Å². The Morgan fingerprint density at radius 3 is 3.07 bits per heavy atom. The fraction of sp³-hybridized carbons (Fsp3) is 0.600. The first-order valence-electron chi connectivity index (χ1n) is 5.10. The Morgan fingerprint density at radius 1 is 1.64 bits per heavy atom. The monoisotopic (exact) mass is 193 g/mol. The maximum absolute atomic E-state index is 11.3. The molecule has 1 fully saturated rings. The summed E-state index contributed by atoms with van der Waals surface area (Å²) in [5, 5.41) is 3.16. The Kier molecular flexibility index (Phi) is 2.63. The van der Waals surface area contributed by atoms with Crippen LogP contribution >= 0.6 is 0 Å². The van der Waals surface area contributed by atoms with Gasteiger partial charge in [-0.2, -0.15) is 0 Å². The summed E-state index contributed by atoms with van der Waals surface area (Å²) in [4.78, 5) is 18.5. The maximum Gasteiger partial charge on any atom is 0.251 e. The molecule has 2 rings (SSSR count). The molecule has 0 unspecified atom stereocenters. The van der Waals surface area contributed by atoms with Crippen LogP contribution in [0.3, 0.4) is 0 Å². The van der Waals surface area contributed by atoms with Gasteiger partial charge in [-0.15, -0.1) is 0 Å². The lowest BCUT2D eigenvalue weighted by molar-refractivity contribution is 0.698. The summed E-state index contributed by atoms with van der Waals surface area (Å²) >= 11 is 0. The molecule has 0 atom stereocenters. The van der Waals surface area contributed by atoms with Crippen LogP contribution in [0.2, 0.25) is 0 Å². The van der Waals surface area contributed by atoms with Gasteiger partial charge >= 0.3 is 0 Å². The number of rotatable bonds is 4. The minimum atomic E-state index is -0.0326. The third kappa shape index (κ3) is 2.20. The van der Waals surface area contributed by atoms with Gasteiger partial charge in [0.05, 0.1) is 5.69 Å². The fourth-order valence-corrected chi connectivity index (χ4v) is 1.42. The van der Waals surface area contributed by atoms with Crippen LogP contribution in [0.15, 0.2) is 10.9 Å². The van der Waals surface area contributed by atoms with E-state index in [0.29, 0.717) is 12.5 Å². The molecule has 4 nitrogen and oxygen atoms in total. The van der Waals surface area contributed by atoms with Gasteiger partial charge in [-0.1, -0.05) is 6.92 Å². The van der Waals surface area contributed by atoms with Crippen molar-refractivity contribution in [3.8, 4) is 0 Å². The summed E-state index contributed by atoms with van der Waals surface area (Å²) in [6.45, 7) is 3.61. The molecule has 1 aliphatic rings. The third-order valence-corrected chi connectivity index (χ3v) is 2.33. The predicted molar refractivity (Wildman–Crippen MR) is 54.2 cm³/mol. The number of nitrogens with one attached hydrogen (secondary N) is 2. The molecule has 4 heteroatoms. The average Bonchev–Trinajstić information content (AvgIpc) is 2.97. The van der Waals surface area contributed by atoms with Gasteiger partial charge in [-0.25, -0.2) is 4.98 Å². The zero-order valence-corrected chi connectivity index (χ0v) is 8.34. The second kappa shape index (κ2) is 3.92. The highest BCUT2D eigenvalue weighted by Gasteiger charge is 2.26. The van der Waals surface area contributed by atoms with Crippen LogP contribution < -0.4 is 10.9 Å². The van der Waals surface area contributed by atoms with Gasteiger partial charge in [0.1, 0.15) is 5.82 Å². The van der Waals surface area contributed by atoms with Crippen LogP contribution in [0, 0.1) is 0 Å². The van der Waals surface area contributed by atoms with E-state index in [1.807, 2.05) is 6.92 Å². The van der Waals surface area contributed by atoms with E-state index in [1.54, 1.807) is 6.07 Å². The number of hydrogen-bond donors (Lipinski definition) is 2. The lowest BCUT2D eigenvalue weighted by Gasteiger charge is -2.03. The minimum absolute atomic E-state index is 0.0326. The maximum atomic E-state index is 11.3. The van der Waals surface area contributed by atoms with Gasteiger partial charge in [0.2, 0.25) is 0 Å². The molecular formula is C10H15N3O. The van der Waals surface area contributed by atoms with Crippen molar-refractivity contribution in [2.45, 2.75) is 32.2 Å². The summed E-state index contributed by atoms with van der Waals surface area (Å²) < 4.78 is 0. The SMILES string of the molecule is CCNCc1cc(=O)[nH]c(C2CC2)n1. The highest BCUT2D eigenvalue weighted by atomic mass is 16.1. The average molecular weight is 193 g/mol. The molecule has 0 aromatic carbocycles. The fourth-order valence-electron chi connectivity index (χ4n) is 1.42. The Balaban J connectivity index is 2.18. The molecule has 1 saturated carbocycles. The number of hydrogen-bond acceptors (Lipinski definition) is 3. The highest BCUT2D eigenvalue weighted by molar-refractivity contribution is 5.10. The molecule has 0 saturated heterocycles. The topological polar surface area (TPSA) is 57.8 Å². The highest BCUT2D eigenvalue weighted by Crippen LogP contribution is 2.37. The first kappa shape index (κ1) is 9.40. The molecule has 1 heterocycles. The van der Waals surface area contributed by atoms with E-state index in [2.05, 4.69) is 15.3 Å². The van der Waals surface area contributed by atoms with Crippen LogP contribution in [0.4, 0.5) is 0 Å². The number of aromatic amines is 1. The molecule has 0 aliphatic heterocycles. The second-order valence-corrected chi connectivity index (χ2v) is 3.68. The lowest BCUT2D eigenvalue weighted by Crippen LogP contribution is -2.18. The van der Waals surface area contributed by atoms with Crippen LogP contribution in [0.5, 0.6) is 0 Å². The molecule has 1 aromatic rings. The predicted octanol–water partition coefficient (Wildman–Crippen LogP) is 0.757. The normalized spacial score (nSPS) is 15.8. The Hall–Kier alpha value is -1.16. The largest absolute Gasteiger partial charge is 0.311 e. The van der Waals surface area contributed by atoms with Crippen LogP contribution in [-0.4, -0.2) is 16.5 Å². The van der Waals surface area contributed by atoms with E-state index in [9.17, 15) is 4.79 Å².